The maximum Gasteiger partial charge on any atom is 0.416 e. The van der Waals surface area contributed by atoms with Gasteiger partial charge in [0.2, 0.25) is 5.91 Å². The number of fused-ring (bicyclic) bond motifs is 1. The van der Waals surface area contributed by atoms with Crippen LogP contribution in [0.1, 0.15) is 36.0 Å². The molecule has 0 radical (unpaired) electrons. The summed E-state index contributed by atoms with van der Waals surface area (Å²) >= 11 is 0. The van der Waals surface area contributed by atoms with Crippen LogP contribution < -0.4 is 4.74 Å². The summed E-state index contributed by atoms with van der Waals surface area (Å²) in [5.41, 5.74) is 0.881. The molecule has 1 aliphatic heterocycles. The largest absolute Gasteiger partial charge is 0.457 e. The number of benzene rings is 2. The minimum Gasteiger partial charge on any atom is -0.457 e. The normalized spacial score (nSPS) is 17.2. The van der Waals surface area contributed by atoms with E-state index in [1.807, 2.05) is 12.1 Å². The van der Waals surface area contributed by atoms with E-state index >= 15 is 0 Å². The van der Waals surface area contributed by atoms with E-state index in [-0.39, 0.29) is 12.3 Å². The second kappa shape index (κ2) is 7.11. The molecular formula is C22H19F3N2O2. The Morgan fingerprint density at radius 3 is 2.41 bits per heavy atom. The first-order valence-electron chi connectivity index (χ1n) is 9.44. The summed E-state index contributed by atoms with van der Waals surface area (Å²) in [5, 5.41) is 9.20. The van der Waals surface area contributed by atoms with Gasteiger partial charge in [-0.25, -0.2) is 0 Å². The smallest absolute Gasteiger partial charge is 0.416 e. The Morgan fingerprint density at radius 2 is 1.79 bits per heavy atom. The highest BCUT2D eigenvalue weighted by atomic mass is 19.4. The lowest BCUT2D eigenvalue weighted by atomic mass is 9.97. The molecule has 1 heterocycles. The number of carbonyl (C=O) groups excluding carboxylic acids is 1. The molecule has 0 bridgehead atoms. The highest BCUT2D eigenvalue weighted by Crippen LogP contribution is 2.48. The van der Waals surface area contributed by atoms with Gasteiger partial charge in [-0.05, 0) is 66.8 Å². The van der Waals surface area contributed by atoms with Crippen molar-refractivity contribution >= 4 is 5.91 Å². The lowest BCUT2D eigenvalue weighted by molar-refractivity contribution is -0.137. The van der Waals surface area contributed by atoms with Gasteiger partial charge >= 0.3 is 6.18 Å². The first kappa shape index (κ1) is 19.3. The van der Waals surface area contributed by atoms with Crippen molar-refractivity contribution < 1.29 is 22.7 Å². The van der Waals surface area contributed by atoms with Crippen LogP contribution in [0.5, 0.6) is 11.5 Å². The molecule has 1 saturated carbocycles. The van der Waals surface area contributed by atoms with E-state index in [4.69, 9.17) is 4.74 Å². The standard InChI is InChI=1S/C22H19F3N2O2/c23-22(24,25)17-2-5-18(6-3-17)29-19-4-1-15-7-10-27(13-16(15)11-19)20(28)12-21(14-26)8-9-21/h1-6,11H,7-10,12-13H2. The van der Waals surface area contributed by atoms with E-state index in [0.717, 1.165) is 42.5 Å². The van der Waals surface area contributed by atoms with Gasteiger partial charge in [0.15, 0.2) is 0 Å². The van der Waals surface area contributed by atoms with Crippen LogP contribution in [0.3, 0.4) is 0 Å². The zero-order chi connectivity index (χ0) is 20.6. The van der Waals surface area contributed by atoms with E-state index in [2.05, 4.69) is 6.07 Å². The molecule has 4 rings (SSSR count). The van der Waals surface area contributed by atoms with Crippen molar-refractivity contribution in [2.45, 2.75) is 38.4 Å². The number of alkyl halides is 3. The minimum absolute atomic E-state index is 0.0104. The molecule has 2 aromatic rings. The summed E-state index contributed by atoms with van der Waals surface area (Å²) in [5.74, 6) is 0.809. The fraction of sp³-hybridized carbons (Fsp3) is 0.364. The molecule has 0 unspecified atom stereocenters. The van der Waals surface area contributed by atoms with Gasteiger partial charge < -0.3 is 9.64 Å². The number of halogens is 3. The average molecular weight is 400 g/mol. The van der Waals surface area contributed by atoms with Gasteiger partial charge in [0.25, 0.3) is 0 Å². The molecule has 29 heavy (non-hydrogen) atoms. The molecule has 1 fully saturated rings. The summed E-state index contributed by atoms with van der Waals surface area (Å²) < 4.78 is 43.7. The number of nitrogens with zero attached hydrogens (tertiary/aromatic N) is 2. The monoisotopic (exact) mass is 400 g/mol. The molecule has 2 aromatic carbocycles. The Morgan fingerprint density at radius 1 is 1.10 bits per heavy atom. The fourth-order valence-electron chi connectivity index (χ4n) is 3.54. The van der Waals surface area contributed by atoms with Gasteiger partial charge in [0, 0.05) is 19.5 Å². The van der Waals surface area contributed by atoms with Crippen LogP contribution in [0, 0.1) is 16.7 Å². The van der Waals surface area contributed by atoms with Crippen molar-refractivity contribution in [2.75, 3.05) is 6.54 Å². The van der Waals surface area contributed by atoms with Gasteiger partial charge in [-0.2, -0.15) is 18.4 Å². The van der Waals surface area contributed by atoms with Crippen molar-refractivity contribution in [1.29, 1.82) is 5.26 Å². The maximum absolute atomic E-state index is 12.7. The molecule has 1 aliphatic carbocycles. The average Bonchev–Trinajstić information content (AvgIpc) is 3.47. The number of rotatable bonds is 4. The molecule has 0 aromatic heterocycles. The van der Waals surface area contributed by atoms with Crippen LogP contribution in [-0.4, -0.2) is 17.4 Å². The summed E-state index contributed by atoms with van der Waals surface area (Å²) in [6.45, 7) is 1.06. The maximum atomic E-state index is 12.7. The SMILES string of the molecule is N#CC1(CC(=O)N2CCc3ccc(Oc4ccc(C(F)(F)F)cc4)cc3C2)CC1. The van der Waals surface area contributed by atoms with E-state index in [9.17, 15) is 23.2 Å². The molecule has 0 N–H and O–H groups in total. The lowest BCUT2D eigenvalue weighted by Crippen LogP contribution is -2.37. The zero-order valence-electron chi connectivity index (χ0n) is 15.6. The van der Waals surface area contributed by atoms with Crippen LogP contribution in [0.2, 0.25) is 0 Å². The van der Waals surface area contributed by atoms with Crippen molar-refractivity contribution in [3.05, 3.63) is 59.2 Å². The van der Waals surface area contributed by atoms with Gasteiger partial charge in [-0.1, -0.05) is 6.07 Å². The van der Waals surface area contributed by atoms with E-state index in [1.54, 1.807) is 11.0 Å². The number of nitriles is 1. The van der Waals surface area contributed by atoms with E-state index in [1.165, 1.54) is 12.1 Å². The Kier molecular flexibility index (Phi) is 4.73. The second-order valence-corrected chi connectivity index (χ2v) is 7.69. The van der Waals surface area contributed by atoms with Gasteiger partial charge in [-0.15, -0.1) is 0 Å². The van der Waals surface area contributed by atoms with Crippen molar-refractivity contribution in [3.8, 4) is 17.6 Å². The Hall–Kier alpha value is -3.01. The molecular weight excluding hydrogens is 381 g/mol. The third-order valence-electron chi connectivity index (χ3n) is 5.54. The van der Waals surface area contributed by atoms with Crippen molar-refractivity contribution in [3.63, 3.8) is 0 Å². The third kappa shape index (κ3) is 4.21. The van der Waals surface area contributed by atoms with Crippen molar-refractivity contribution in [2.24, 2.45) is 5.41 Å². The predicted octanol–water partition coefficient (Wildman–Crippen LogP) is 5.08. The molecule has 2 aliphatic rings. The summed E-state index contributed by atoms with van der Waals surface area (Å²) in [7, 11) is 0. The van der Waals surface area contributed by atoms with Crippen LogP contribution in [0.15, 0.2) is 42.5 Å². The Labute approximate surface area is 166 Å². The predicted molar refractivity (Wildman–Crippen MR) is 99.0 cm³/mol. The van der Waals surface area contributed by atoms with Gasteiger partial charge in [0.05, 0.1) is 17.0 Å². The molecule has 150 valence electrons. The second-order valence-electron chi connectivity index (χ2n) is 7.69. The van der Waals surface area contributed by atoms with Gasteiger partial charge in [-0.3, -0.25) is 4.79 Å². The van der Waals surface area contributed by atoms with Crippen LogP contribution in [0.4, 0.5) is 13.2 Å². The zero-order valence-corrected chi connectivity index (χ0v) is 15.6. The lowest BCUT2D eigenvalue weighted by Gasteiger charge is -2.30. The summed E-state index contributed by atoms with van der Waals surface area (Å²) in [6.07, 6.45) is -1.83. The van der Waals surface area contributed by atoms with Crippen LogP contribution >= 0.6 is 0 Å². The molecule has 7 heteroatoms. The van der Waals surface area contributed by atoms with Gasteiger partial charge in [0.1, 0.15) is 11.5 Å². The van der Waals surface area contributed by atoms with E-state index in [0.29, 0.717) is 24.6 Å². The molecule has 4 nitrogen and oxygen atoms in total. The summed E-state index contributed by atoms with van der Waals surface area (Å²) in [6, 6.07) is 12.3. The quantitative estimate of drug-likeness (QED) is 0.720. The highest BCUT2D eigenvalue weighted by Gasteiger charge is 2.45. The van der Waals surface area contributed by atoms with Crippen LogP contribution in [-0.2, 0) is 23.9 Å². The topological polar surface area (TPSA) is 53.3 Å². The third-order valence-corrected chi connectivity index (χ3v) is 5.54. The van der Waals surface area contributed by atoms with Crippen LogP contribution in [0.25, 0.3) is 0 Å². The molecule has 0 atom stereocenters. The van der Waals surface area contributed by atoms with Crippen molar-refractivity contribution in [1.82, 2.24) is 4.90 Å². The molecule has 0 spiro atoms. The fourth-order valence-corrected chi connectivity index (χ4v) is 3.54. The number of ether oxygens (including phenoxy) is 1. The first-order valence-corrected chi connectivity index (χ1v) is 9.44. The van der Waals surface area contributed by atoms with E-state index < -0.39 is 17.2 Å². The molecule has 1 amide bonds. The number of amides is 1. The summed E-state index contributed by atoms with van der Waals surface area (Å²) in [4.78, 5) is 14.3. The number of hydrogen-bond acceptors (Lipinski definition) is 3. The Bertz CT molecular complexity index is 973. The Balaban J connectivity index is 1.45. The molecule has 0 saturated heterocycles. The minimum atomic E-state index is -4.38. The first-order chi connectivity index (χ1) is 13.8. The number of carbonyl (C=O) groups is 1. The highest BCUT2D eigenvalue weighted by molar-refractivity contribution is 5.78. The number of hydrogen-bond donors (Lipinski definition) is 0.